The molecule has 0 bridgehead atoms. The molecule has 26 heavy (non-hydrogen) atoms. The molecule has 138 valence electrons. The van der Waals surface area contributed by atoms with Crippen LogP contribution in [0.2, 0.25) is 0 Å². The van der Waals surface area contributed by atoms with Crippen LogP contribution < -0.4 is 5.32 Å². The third-order valence-corrected chi connectivity index (χ3v) is 5.94. The molecule has 0 saturated heterocycles. The summed E-state index contributed by atoms with van der Waals surface area (Å²) in [6.07, 6.45) is 1.40. The zero-order chi connectivity index (χ0) is 18.7. The Balaban J connectivity index is 1.56. The van der Waals surface area contributed by atoms with Gasteiger partial charge in [0.2, 0.25) is 11.8 Å². The molecule has 0 atom stereocenters. The van der Waals surface area contributed by atoms with Gasteiger partial charge < -0.3 is 10.2 Å². The number of para-hydroxylation sites is 1. The summed E-state index contributed by atoms with van der Waals surface area (Å²) in [7, 11) is 0. The third kappa shape index (κ3) is 4.15. The number of nitrogens with one attached hydrogen (secondary N) is 1. The van der Waals surface area contributed by atoms with Crippen molar-refractivity contribution in [2.24, 2.45) is 0 Å². The number of aryl methyl sites for hydroxylation is 1. The molecule has 4 nitrogen and oxygen atoms in total. The quantitative estimate of drug-likeness (QED) is 0.843. The molecule has 0 aliphatic carbocycles. The van der Waals surface area contributed by atoms with E-state index in [-0.39, 0.29) is 24.7 Å². The molecule has 2 aromatic rings. The Labute approximate surface area is 159 Å². The number of carbonyl (C=O) groups is 2. The highest BCUT2D eigenvalue weighted by Gasteiger charge is 2.22. The molecule has 1 aromatic heterocycles. The van der Waals surface area contributed by atoms with Crippen LogP contribution in [0.1, 0.15) is 54.2 Å². The van der Waals surface area contributed by atoms with E-state index in [9.17, 15) is 9.59 Å². The summed E-state index contributed by atoms with van der Waals surface area (Å²) in [6, 6.07) is 8.15. The van der Waals surface area contributed by atoms with Crippen LogP contribution in [0.25, 0.3) is 0 Å². The molecular formula is C21H26N2O2S. The van der Waals surface area contributed by atoms with Gasteiger partial charge in [0, 0.05) is 36.5 Å². The van der Waals surface area contributed by atoms with E-state index in [1.807, 2.05) is 30.0 Å². The van der Waals surface area contributed by atoms with Gasteiger partial charge >= 0.3 is 0 Å². The van der Waals surface area contributed by atoms with Gasteiger partial charge in [0.05, 0.1) is 0 Å². The average Bonchev–Trinajstić information content (AvgIpc) is 3.08. The number of nitrogens with zero attached hydrogens (tertiary/aromatic N) is 1. The maximum Gasteiger partial charge on any atom is 0.224 e. The number of carbonyl (C=O) groups excluding carboxylic acids is 2. The van der Waals surface area contributed by atoms with Crippen LogP contribution in [0.3, 0.4) is 0 Å². The molecule has 0 spiro atoms. The molecule has 0 radical (unpaired) electrons. The van der Waals surface area contributed by atoms with E-state index in [2.05, 4.69) is 30.6 Å². The van der Waals surface area contributed by atoms with Crippen molar-refractivity contribution in [3.63, 3.8) is 0 Å². The van der Waals surface area contributed by atoms with E-state index in [0.717, 1.165) is 29.8 Å². The molecule has 1 aliphatic rings. The fraction of sp³-hybridized carbons (Fsp3) is 0.429. The lowest BCUT2D eigenvalue weighted by Crippen LogP contribution is -2.35. The van der Waals surface area contributed by atoms with Gasteiger partial charge in [-0.25, -0.2) is 0 Å². The first-order valence-corrected chi connectivity index (χ1v) is 10.1. The first-order valence-electron chi connectivity index (χ1n) is 9.18. The molecule has 0 fully saturated rings. The minimum Gasteiger partial charge on any atom is -0.338 e. The Kier molecular flexibility index (Phi) is 5.77. The van der Waals surface area contributed by atoms with Crippen LogP contribution in [0.15, 0.2) is 29.6 Å². The van der Waals surface area contributed by atoms with Gasteiger partial charge in [-0.05, 0) is 47.4 Å². The monoisotopic (exact) mass is 370 g/mol. The molecule has 1 N–H and O–H groups in total. The lowest BCUT2D eigenvalue weighted by Gasteiger charge is -2.27. The van der Waals surface area contributed by atoms with Gasteiger partial charge in [-0.1, -0.05) is 32.0 Å². The zero-order valence-electron chi connectivity index (χ0n) is 15.7. The lowest BCUT2D eigenvalue weighted by atomic mass is 9.98. The predicted molar refractivity (Wildman–Crippen MR) is 107 cm³/mol. The van der Waals surface area contributed by atoms with E-state index in [4.69, 9.17) is 0 Å². The predicted octanol–water partition coefficient (Wildman–Crippen LogP) is 4.48. The second kappa shape index (κ2) is 8.04. The number of fused-ring (bicyclic) bond motifs is 1. The van der Waals surface area contributed by atoms with Gasteiger partial charge in [0.15, 0.2) is 0 Å². The van der Waals surface area contributed by atoms with Crippen molar-refractivity contribution in [2.75, 3.05) is 11.9 Å². The second-order valence-corrected chi connectivity index (χ2v) is 8.18. The maximum absolute atomic E-state index is 12.5. The summed E-state index contributed by atoms with van der Waals surface area (Å²) in [5.41, 5.74) is 4.32. The number of hydrogen-bond donors (Lipinski definition) is 1. The highest BCUT2D eigenvalue weighted by atomic mass is 32.1. The standard InChI is InChI=1S/C21H26N2O2S/c1-14(2)17-6-4-5-15(3)21(17)22-19(24)7-8-20(25)23-11-9-18-16(13-23)10-12-26-18/h4-6,10,12,14H,7-9,11,13H2,1-3H3,(H,22,24). The Bertz CT molecular complexity index is 810. The van der Waals surface area contributed by atoms with Crippen molar-refractivity contribution in [3.8, 4) is 0 Å². The van der Waals surface area contributed by atoms with Crippen molar-refractivity contribution < 1.29 is 9.59 Å². The van der Waals surface area contributed by atoms with Gasteiger partial charge in [0.25, 0.3) is 0 Å². The minimum absolute atomic E-state index is 0.0610. The number of rotatable bonds is 5. The van der Waals surface area contributed by atoms with Crippen LogP contribution in [0.4, 0.5) is 5.69 Å². The number of hydrogen-bond acceptors (Lipinski definition) is 3. The molecule has 5 heteroatoms. The lowest BCUT2D eigenvalue weighted by molar-refractivity contribution is -0.133. The molecule has 0 unspecified atom stereocenters. The van der Waals surface area contributed by atoms with Gasteiger partial charge in [-0.15, -0.1) is 11.3 Å². The van der Waals surface area contributed by atoms with Gasteiger partial charge in [-0.2, -0.15) is 0 Å². The average molecular weight is 371 g/mol. The molecular weight excluding hydrogens is 344 g/mol. The van der Waals surface area contributed by atoms with Crippen LogP contribution in [-0.2, 0) is 22.6 Å². The Morgan fingerprint density at radius 3 is 2.81 bits per heavy atom. The van der Waals surface area contributed by atoms with Crippen molar-refractivity contribution in [3.05, 3.63) is 51.2 Å². The van der Waals surface area contributed by atoms with Crippen molar-refractivity contribution in [2.45, 2.75) is 52.5 Å². The summed E-state index contributed by atoms with van der Waals surface area (Å²) in [5.74, 6) is 0.300. The van der Waals surface area contributed by atoms with Crippen LogP contribution in [-0.4, -0.2) is 23.3 Å². The first kappa shape index (κ1) is 18.6. The fourth-order valence-corrected chi connectivity index (χ4v) is 4.27. The molecule has 1 aromatic carbocycles. The Morgan fingerprint density at radius 1 is 1.23 bits per heavy atom. The van der Waals surface area contributed by atoms with E-state index in [1.165, 1.54) is 10.4 Å². The normalized spacial score (nSPS) is 13.6. The van der Waals surface area contributed by atoms with E-state index in [0.29, 0.717) is 12.5 Å². The van der Waals surface area contributed by atoms with Gasteiger partial charge in [-0.3, -0.25) is 9.59 Å². The summed E-state index contributed by atoms with van der Waals surface area (Å²) in [4.78, 5) is 28.1. The Hall–Kier alpha value is -2.14. The number of anilines is 1. The summed E-state index contributed by atoms with van der Waals surface area (Å²) in [5, 5.41) is 5.11. The van der Waals surface area contributed by atoms with Crippen LogP contribution in [0.5, 0.6) is 0 Å². The fourth-order valence-electron chi connectivity index (χ4n) is 3.38. The van der Waals surface area contributed by atoms with Crippen molar-refractivity contribution in [1.29, 1.82) is 0 Å². The summed E-state index contributed by atoms with van der Waals surface area (Å²) >= 11 is 1.76. The Morgan fingerprint density at radius 2 is 2.04 bits per heavy atom. The van der Waals surface area contributed by atoms with Gasteiger partial charge in [0.1, 0.15) is 0 Å². The minimum atomic E-state index is -0.0946. The second-order valence-electron chi connectivity index (χ2n) is 7.18. The van der Waals surface area contributed by atoms with Crippen molar-refractivity contribution in [1.82, 2.24) is 4.90 Å². The maximum atomic E-state index is 12.5. The molecule has 0 saturated carbocycles. The van der Waals surface area contributed by atoms with Crippen LogP contribution in [0, 0.1) is 6.92 Å². The highest BCUT2D eigenvalue weighted by Crippen LogP contribution is 2.28. The largest absolute Gasteiger partial charge is 0.338 e. The molecule has 2 heterocycles. The molecule has 2 amide bonds. The van der Waals surface area contributed by atoms with Crippen LogP contribution >= 0.6 is 11.3 Å². The topological polar surface area (TPSA) is 49.4 Å². The smallest absolute Gasteiger partial charge is 0.224 e. The van der Waals surface area contributed by atoms with Crippen molar-refractivity contribution >= 4 is 28.8 Å². The number of amides is 2. The molecule has 3 rings (SSSR count). The van der Waals surface area contributed by atoms with E-state index < -0.39 is 0 Å². The zero-order valence-corrected chi connectivity index (χ0v) is 16.5. The number of benzene rings is 1. The molecule has 1 aliphatic heterocycles. The summed E-state index contributed by atoms with van der Waals surface area (Å²) < 4.78 is 0. The van der Waals surface area contributed by atoms with E-state index >= 15 is 0 Å². The number of thiophene rings is 1. The SMILES string of the molecule is Cc1cccc(C(C)C)c1NC(=O)CCC(=O)N1CCc2sccc2C1. The first-order chi connectivity index (χ1) is 12.5. The highest BCUT2D eigenvalue weighted by molar-refractivity contribution is 7.10. The third-order valence-electron chi connectivity index (χ3n) is 4.92. The summed E-state index contributed by atoms with van der Waals surface area (Å²) in [6.45, 7) is 7.66. The van der Waals surface area contributed by atoms with E-state index in [1.54, 1.807) is 11.3 Å².